The lowest BCUT2D eigenvalue weighted by molar-refractivity contribution is -0.138. The first-order chi connectivity index (χ1) is 14.0. The Morgan fingerprint density at radius 3 is 2.59 bits per heavy atom. The van der Waals surface area contributed by atoms with Gasteiger partial charge in [-0.25, -0.2) is 0 Å². The number of carboxylic acid groups (broad SMARTS) is 1. The summed E-state index contributed by atoms with van der Waals surface area (Å²) in [5.41, 5.74) is 3.32. The van der Waals surface area contributed by atoms with Crippen LogP contribution in [0.1, 0.15) is 39.5 Å². The quantitative estimate of drug-likeness (QED) is 0.835. The molecule has 1 N–H and O–H groups in total. The van der Waals surface area contributed by atoms with Crippen molar-refractivity contribution < 1.29 is 28.9 Å². The number of carbonyl (C=O) groups excluding carboxylic acids is 1. The number of fused-ring (bicyclic) bond motifs is 2. The van der Waals surface area contributed by atoms with Gasteiger partial charge in [0.25, 0.3) is 5.91 Å². The van der Waals surface area contributed by atoms with Crippen LogP contribution >= 0.6 is 0 Å². The minimum absolute atomic E-state index is 0.175. The highest BCUT2D eigenvalue weighted by Gasteiger charge is 2.34. The van der Waals surface area contributed by atoms with Crippen LogP contribution in [-0.4, -0.2) is 49.3 Å². The van der Waals surface area contributed by atoms with Crippen LogP contribution in [0.15, 0.2) is 30.3 Å². The summed E-state index contributed by atoms with van der Waals surface area (Å²) in [6.45, 7) is 1.06. The molecule has 4 rings (SSSR count). The SMILES string of the molecule is COc1cc2c(cc1OC)[C@@H](CC(=O)O)N(C(=O)c1ccc3c(c1)CCO3)CC2. The number of aliphatic carboxylic acids is 1. The van der Waals surface area contributed by atoms with Gasteiger partial charge in [-0.3, -0.25) is 9.59 Å². The fourth-order valence-electron chi connectivity index (χ4n) is 4.14. The van der Waals surface area contributed by atoms with Gasteiger partial charge in [-0.1, -0.05) is 0 Å². The summed E-state index contributed by atoms with van der Waals surface area (Å²) < 4.78 is 16.3. The second-order valence-corrected chi connectivity index (χ2v) is 7.19. The maximum atomic E-state index is 13.3. The highest BCUT2D eigenvalue weighted by molar-refractivity contribution is 5.95. The van der Waals surface area contributed by atoms with E-state index in [4.69, 9.17) is 14.2 Å². The number of rotatable bonds is 5. The average molecular weight is 397 g/mol. The van der Waals surface area contributed by atoms with Crippen LogP contribution in [-0.2, 0) is 17.6 Å². The van der Waals surface area contributed by atoms with E-state index in [1.165, 1.54) is 7.11 Å². The molecule has 1 atom stereocenters. The van der Waals surface area contributed by atoms with Crippen LogP contribution in [0.5, 0.6) is 17.2 Å². The molecule has 0 fully saturated rings. The molecule has 0 aromatic heterocycles. The van der Waals surface area contributed by atoms with E-state index >= 15 is 0 Å². The largest absolute Gasteiger partial charge is 0.493 e. The Balaban J connectivity index is 1.72. The normalized spacial score (nSPS) is 17.2. The summed E-state index contributed by atoms with van der Waals surface area (Å²) in [7, 11) is 3.10. The summed E-state index contributed by atoms with van der Waals surface area (Å²) in [5, 5.41) is 9.51. The van der Waals surface area contributed by atoms with Gasteiger partial charge in [0.15, 0.2) is 11.5 Å². The molecule has 0 aliphatic carbocycles. The molecule has 0 unspecified atom stereocenters. The van der Waals surface area contributed by atoms with Gasteiger partial charge in [0.2, 0.25) is 0 Å². The lowest BCUT2D eigenvalue weighted by Gasteiger charge is -2.37. The number of amides is 1. The molecule has 29 heavy (non-hydrogen) atoms. The van der Waals surface area contributed by atoms with Gasteiger partial charge in [0.1, 0.15) is 5.75 Å². The van der Waals surface area contributed by atoms with Crippen molar-refractivity contribution in [2.75, 3.05) is 27.4 Å². The predicted molar refractivity (Wildman–Crippen MR) is 105 cm³/mol. The molecule has 2 aliphatic rings. The summed E-state index contributed by atoms with van der Waals surface area (Å²) >= 11 is 0. The van der Waals surface area contributed by atoms with Gasteiger partial charge in [-0.15, -0.1) is 0 Å². The molecule has 0 saturated heterocycles. The van der Waals surface area contributed by atoms with E-state index in [1.54, 1.807) is 24.1 Å². The van der Waals surface area contributed by atoms with Crippen LogP contribution in [0, 0.1) is 0 Å². The number of carboxylic acids is 1. The highest BCUT2D eigenvalue weighted by atomic mass is 16.5. The van der Waals surface area contributed by atoms with Crippen molar-refractivity contribution in [2.45, 2.75) is 25.3 Å². The summed E-state index contributed by atoms with van der Waals surface area (Å²) in [5.74, 6) is 0.790. The third-order valence-corrected chi connectivity index (χ3v) is 5.57. The molecule has 2 aromatic carbocycles. The number of carbonyl (C=O) groups is 2. The van der Waals surface area contributed by atoms with E-state index in [-0.39, 0.29) is 12.3 Å². The Hall–Kier alpha value is -3.22. The maximum Gasteiger partial charge on any atom is 0.305 e. The van der Waals surface area contributed by atoms with Crippen molar-refractivity contribution in [3.05, 3.63) is 52.6 Å². The van der Waals surface area contributed by atoms with Crippen molar-refractivity contribution in [1.82, 2.24) is 4.90 Å². The van der Waals surface area contributed by atoms with Gasteiger partial charge in [-0.2, -0.15) is 0 Å². The van der Waals surface area contributed by atoms with Crippen LogP contribution < -0.4 is 14.2 Å². The van der Waals surface area contributed by atoms with E-state index in [2.05, 4.69) is 0 Å². The van der Waals surface area contributed by atoms with Gasteiger partial charge in [0, 0.05) is 18.5 Å². The number of ether oxygens (including phenoxy) is 3. The van der Waals surface area contributed by atoms with Crippen LogP contribution in [0.2, 0.25) is 0 Å². The number of hydrogen-bond acceptors (Lipinski definition) is 5. The van der Waals surface area contributed by atoms with Crippen molar-refractivity contribution in [3.63, 3.8) is 0 Å². The third-order valence-electron chi connectivity index (χ3n) is 5.57. The average Bonchev–Trinajstić information content (AvgIpc) is 3.20. The second kappa shape index (κ2) is 7.66. The number of hydrogen-bond donors (Lipinski definition) is 1. The standard InChI is InChI=1S/C22H23NO6/c1-27-19-10-13-5-7-23(17(12-21(24)25)16(13)11-20(19)28-2)22(26)15-3-4-18-14(9-15)6-8-29-18/h3-4,9-11,17H,5-8,12H2,1-2H3,(H,24,25)/t17-/m1/s1. The summed E-state index contributed by atoms with van der Waals surface area (Å²) in [4.78, 5) is 26.6. The summed E-state index contributed by atoms with van der Waals surface area (Å²) in [6.07, 6.45) is 1.21. The van der Waals surface area contributed by atoms with E-state index in [1.807, 2.05) is 18.2 Å². The monoisotopic (exact) mass is 397 g/mol. The molecule has 7 heteroatoms. The lowest BCUT2D eigenvalue weighted by atomic mass is 9.89. The molecule has 2 aromatic rings. The van der Waals surface area contributed by atoms with E-state index in [0.29, 0.717) is 36.6 Å². The first-order valence-electron chi connectivity index (χ1n) is 9.55. The molecule has 0 saturated carbocycles. The molecule has 1 amide bonds. The third kappa shape index (κ3) is 3.48. The van der Waals surface area contributed by atoms with Gasteiger partial charge < -0.3 is 24.2 Å². The second-order valence-electron chi connectivity index (χ2n) is 7.19. The molecule has 0 bridgehead atoms. The molecule has 0 radical (unpaired) electrons. The molecule has 2 aliphatic heterocycles. The Morgan fingerprint density at radius 2 is 1.86 bits per heavy atom. The number of methoxy groups -OCH3 is 2. The topological polar surface area (TPSA) is 85.3 Å². The predicted octanol–water partition coefficient (Wildman–Crippen LogP) is 2.85. The van der Waals surface area contributed by atoms with E-state index < -0.39 is 12.0 Å². The van der Waals surface area contributed by atoms with Crippen LogP contribution in [0.25, 0.3) is 0 Å². The molecular formula is C22H23NO6. The van der Waals surface area contributed by atoms with Gasteiger partial charge >= 0.3 is 5.97 Å². The zero-order valence-corrected chi connectivity index (χ0v) is 16.4. The van der Waals surface area contributed by atoms with E-state index in [9.17, 15) is 14.7 Å². The Bertz CT molecular complexity index is 970. The minimum Gasteiger partial charge on any atom is -0.493 e. The van der Waals surface area contributed by atoms with Gasteiger partial charge in [0.05, 0.1) is 33.3 Å². The zero-order valence-electron chi connectivity index (χ0n) is 16.4. The molecular weight excluding hydrogens is 374 g/mol. The fourth-order valence-corrected chi connectivity index (χ4v) is 4.14. The van der Waals surface area contributed by atoms with Gasteiger partial charge in [-0.05, 0) is 53.4 Å². The minimum atomic E-state index is -0.960. The van der Waals surface area contributed by atoms with E-state index in [0.717, 1.165) is 28.9 Å². The van der Waals surface area contributed by atoms with Crippen molar-refractivity contribution in [1.29, 1.82) is 0 Å². The lowest BCUT2D eigenvalue weighted by Crippen LogP contribution is -2.41. The van der Waals surface area contributed by atoms with Crippen LogP contribution in [0.4, 0.5) is 0 Å². The highest BCUT2D eigenvalue weighted by Crippen LogP contribution is 2.40. The zero-order chi connectivity index (χ0) is 20.5. The van der Waals surface area contributed by atoms with Crippen molar-refractivity contribution in [2.24, 2.45) is 0 Å². The number of nitrogens with zero attached hydrogens (tertiary/aromatic N) is 1. The Labute approximate surface area is 168 Å². The summed E-state index contributed by atoms with van der Waals surface area (Å²) in [6, 6.07) is 8.50. The van der Waals surface area contributed by atoms with Crippen molar-refractivity contribution >= 4 is 11.9 Å². The van der Waals surface area contributed by atoms with Crippen LogP contribution in [0.3, 0.4) is 0 Å². The number of benzene rings is 2. The fraction of sp³-hybridized carbons (Fsp3) is 0.364. The molecule has 0 spiro atoms. The first-order valence-corrected chi connectivity index (χ1v) is 9.55. The molecule has 7 nitrogen and oxygen atoms in total. The Kier molecular flexibility index (Phi) is 5.05. The smallest absolute Gasteiger partial charge is 0.305 e. The molecule has 152 valence electrons. The Morgan fingerprint density at radius 1 is 1.10 bits per heavy atom. The first kappa shape index (κ1) is 19.1. The molecule has 2 heterocycles. The maximum absolute atomic E-state index is 13.3. The van der Waals surface area contributed by atoms with Crippen molar-refractivity contribution in [3.8, 4) is 17.2 Å².